The van der Waals surface area contributed by atoms with Crippen LogP contribution in [0, 0.1) is 0 Å². The van der Waals surface area contributed by atoms with Gasteiger partial charge in [-0.25, -0.2) is 0 Å². The number of ether oxygens (including phenoxy) is 2. The highest BCUT2D eigenvalue weighted by Gasteiger charge is 2.23. The van der Waals surface area contributed by atoms with Gasteiger partial charge < -0.3 is 19.3 Å². The Kier molecular flexibility index (Phi) is 9.63. The molecule has 1 aliphatic heterocycles. The predicted octanol–water partition coefficient (Wildman–Crippen LogP) is 5.58. The van der Waals surface area contributed by atoms with Crippen LogP contribution >= 0.6 is 0 Å². The van der Waals surface area contributed by atoms with E-state index in [0.29, 0.717) is 37.7 Å². The van der Waals surface area contributed by atoms with Gasteiger partial charge in [0.25, 0.3) is 11.8 Å². The Hall–Kier alpha value is -3.02. The summed E-state index contributed by atoms with van der Waals surface area (Å²) in [5.41, 5.74) is 2.75. The quantitative estimate of drug-likeness (QED) is 0.420. The molecule has 0 spiro atoms. The average Bonchev–Trinajstić information content (AvgIpc) is 3.17. The molecule has 1 fully saturated rings. The Morgan fingerprint density at radius 3 is 1.32 bits per heavy atom. The highest BCUT2D eigenvalue weighted by atomic mass is 16.5. The van der Waals surface area contributed by atoms with Gasteiger partial charge in [0.2, 0.25) is 0 Å². The van der Waals surface area contributed by atoms with Crippen molar-refractivity contribution < 1.29 is 19.1 Å². The molecule has 0 aliphatic carbocycles. The number of rotatable bonds is 10. The summed E-state index contributed by atoms with van der Waals surface area (Å²) >= 11 is 0. The second-order valence-electron chi connectivity index (χ2n) is 11.2. The Morgan fingerprint density at radius 2 is 1.00 bits per heavy atom. The van der Waals surface area contributed by atoms with Crippen LogP contribution in [0.5, 0.6) is 11.5 Å². The molecule has 2 aromatic rings. The lowest BCUT2D eigenvalue weighted by Crippen LogP contribution is -2.40. The lowest BCUT2D eigenvalue weighted by Gasteiger charge is -2.24. The van der Waals surface area contributed by atoms with Crippen LogP contribution in [0.3, 0.4) is 0 Å². The average molecular weight is 509 g/mol. The Balaban J connectivity index is 1.44. The second kappa shape index (κ2) is 12.5. The predicted molar refractivity (Wildman–Crippen MR) is 148 cm³/mol. The molecular formula is C31H44N2O4. The maximum atomic E-state index is 12.8. The summed E-state index contributed by atoms with van der Waals surface area (Å²) < 4.78 is 11.5. The fourth-order valence-electron chi connectivity index (χ4n) is 4.30. The molecule has 0 N–H and O–H groups in total. The summed E-state index contributed by atoms with van der Waals surface area (Å²) in [4.78, 5) is 29.1. The minimum absolute atomic E-state index is 0.00158. The van der Waals surface area contributed by atoms with Gasteiger partial charge in [-0.15, -0.1) is 0 Å². The summed E-state index contributed by atoms with van der Waals surface area (Å²) in [5.74, 6) is 1.27. The van der Waals surface area contributed by atoms with Gasteiger partial charge in [0.15, 0.2) is 13.2 Å². The molecule has 1 heterocycles. The Labute approximate surface area is 222 Å². The molecule has 0 saturated carbocycles. The number of hydrogen-bond donors (Lipinski definition) is 0. The zero-order valence-electron chi connectivity index (χ0n) is 23.5. The van der Waals surface area contributed by atoms with E-state index >= 15 is 0 Å². The van der Waals surface area contributed by atoms with E-state index in [4.69, 9.17) is 9.47 Å². The van der Waals surface area contributed by atoms with Crippen molar-refractivity contribution in [2.24, 2.45) is 0 Å². The summed E-state index contributed by atoms with van der Waals surface area (Å²) in [7, 11) is 0. The van der Waals surface area contributed by atoms with Crippen LogP contribution in [-0.4, -0.2) is 61.0 Å². The zero-order chi connectivity index (χ0) is 27.1. The molecule has 1 aliphatic rings. The van der Waals surface area contributed by atoms with Gasteiger partial charge >= 0.3 is 0 Å². The molecule has 0 unspecified atom stereocenters. The first-order valence-corrected chi connectivity index (χ1v) is 13.6. The van der Waals surface area contributed by atoms with Gasteiger partial charge in [-0.05, 0) is 65.5 Å². The van der Waals surface area contributed by atoms with Crippen molar-refractivity contribution in [3.8, 4) is 11.5 Å². The maximum absolute atomic E-state index is 12.8. The molecule has 0 atom stereocenters. The molecule has 3 rings (SSSR count). The lowest BCUT2D eigenvalue weighted by atomic mass is 9.82. The molecular weight excluding hydrogens is 464 g/mol. The number of carbonyl (C=O) groups excluding carboxylic acids is 2. The van der Waals surface area contributed by atoms with E-state index < -0.39 is 0 Å². The van der Waals surface area contributed by atoms with Crippen LogP contribution in [0.25, 0.3) is 0 Å². The Bertz CT molecular complexity index is 945. The monoisotopic (exact) mass is 508 g/mol. The molecule has 2 aromatic carbocycles. The molecule has 1 saturated heterocycles. The van der Waals surface area contributed by atoms with Crippen molar-refractivity contribution in [1.82, 2.24) is 9.80 Å². The maximum Gasteiger partial charge on any atom is 0.260 e. The molecule has 2 amide bonds. The molecule has 0 aromatic heterocycles. The van der Waals surface area contributed by atoms with Crippen LogP contribution < -0.4 is 9.47 Å². The first-order chi connectivity index (χ1) is 17.6. The molecule has 0 bridgehead atoms. The van der Waals surface area contributed by atoms with Crippen LogP contribution in [0.2, 0.25) is 0 Å². The third-order valence-electron chi connectivity index (χ3n) is 7.97. The number of nitrogens with zero attached hydrogens (tertiary/aromatic N) is 2. The standard InChI is InChI=1S/C31H44N2O4/c1-7-30(3,4)24-10-14-26(15-11-24)36-22-28(34)32-18-9-19-33(21-20-32)29(35)23-37-27-16-12-25(13-17-27)31(5,6)8-2/h10-17H,7-9,18-23H2,1-6H3. The fourth-order valence-corrected chi connectivity index (χ4v) is 4.30. The van der Waals surface area contributed by atoms with Gasteiger partial charge in [0.05, 0.1) is 0 Å². The summed E-state index contributed by atoms with van der Waals surface area (Å²) in [5, 5.41) is 0. The van der Waals surface area contributed by atoms with Gasteiger partial charge in [-0.2, -0.15) is 0 Å². The minimum Gasteiger partial charge on any atom is -0.484 e. The van der Waals surface area contributed by atoms with E-state index in [1.54, 1.807) is 9.80 Å². The largest absolute Gasteiger partial charge is 0.484 e. The fraction of sp³-hybridized carbons (Fsp3) is 0.548. The van der Waals surface area contributed by atoms with Crippen molar-refractivity contribution >= 4 is 11.8 Å². The van der Waals surface area contributed by atoms with E-state index in [9.17, 15) is 9.59 Å². The van der Waals surface area contributed by atoms with Gasteiger partial charge in [-0.1, -0.05) is 65.8 Å². The number of amides is 2. The summed E-state index contributed by atoms with van der Waals surface area (Å²) in [6.45, 7) is 15.5. The molecule has 37 heavy (non-hydrogen) atoms. The zero-order valence-corrected chi connectivity index (χ0v) is 23.5. The molecule has 6 nitrogen and oxygen atoms in total. The van der Waals surface area contributed by atoms with Crippen molar-refractivity contribution in [3.63, 3.8) is 0 Å². The third kappa shape index (κ3) is 7.73. The van der Waals surface area contributed by atoms with Crippen LogP contribution in [0.15, 0.2) is 48.5 Å². The van der Waals surface area contributed by atoms with Crippen molar-refractivity contribution in [3.05, 3.63) is 59.7 Å². The van der Waals surface area contributed by atoms with Gasteiger partial charge in [0.1, 0.15) is 11.5 Å². The Morgan fingerprint density at radius 1 is 0.649 bits per heavy atom. The van der Waals surface area contributed by atoms with Crippen molar-refractivity contribution in [1.29, 1.82) is 0 Å². The van der Waals surface area contributed by atoms with Crippen LogP contribution in [0.4, 0.5) is 0 Å². The van der Waals surface area contributed by atoms with Gasteiger partial charge in [-0.3, -0.25) is 9.59 Å². The lowest BCUT2D eigenvalue weighted by molar-refractivity contribution is -0.135. The molecule has 0 radical (unpaired) electrons. The van der Waals surface area contributed by atoms with E-state index in [1.165, 1.54) is 11.1 Å². The number of benzene rings is 2. The van der Waals surface area contributed by atoms with Crippen LogP contribution in [-0.2, 0) is 20.4 Å². The van der Waals surface area contributed by atoms with Gasteiger partial charge in [0, 0.05) is 26.2 Å². The molecule has 6 heteroatoms. The molecule has 202 valence electrons. The van der Waals surface area contributed by atoms with Crippen LogP contribution in [0.1, 0.15) is 71.9 Å². The highest BCUT2D eigenvalue weighted by molar-refractivity contribution is 5.79. The second-order valence-corrected chi connectivity index (χ2v) is 11.2. The first-order valence-electron chi connectivity index (χ1n) is 13.6. The van der Waals surface area contributed by atoms with E-state index in [0.717, 1.165) is 19.3 Å². The summed E-state index contributed by atoms with van der Waals surface area (Å²) in [6.07, 6.45) is 2.84. The number of carbonyl (C=O) groups is 2. The first kappa shape index (κ1) is 28.5. The van der Waals surface area contributed by atoms with E-state index in [-0.39, 0.29) is 35.9 Å². The summed E-state index contributed by atoms with van der Waals surface area (Å²) in [6, 6.07) is 16.0. The third-order valence-corrected chi connectivity index (χ3v) is 7.97. The normalized spacial score (nSPS) is 14.8. The minimum atomic E-state index is -0.0568. The smallest absolute Gasteiger partial charge is 0.260 e. The topological polar surface area (TPSA) is 59.1 Å². The van der Waals surface area contributed by atoms with E-state index in [2.05, 4.69) is 65.8 Å². The highest BCUT2D eigenvalue weighted by Crippen LogP contribution is 2.29. The van der Waals surface area contributed by atoms with E-state index in [1.807, 2.05) is 24.3 Å². The van der Waals surface area contributed by atoms with Crippen molar-refractivity contribution in [2.75, 3.05) is 39.4 Å². The SMILES string of the molecule is CCC(C)(C)c1ccc(OCC(=O)N2CCCN(C(=O)COc3ccc(C(C)(C)CC)cc3)CC2)cc1. The number of hydrogen-bond acceptors (Lipinski definition) is 4. The van der Waals surface area contributed by atoms with Crippen molar-refractivity contribution in [2.45, 2.75) is 71.6 Å².